The molecule has 1 saturated heterocycles. The number of imidazole rings is 1. The Morgan fingerprint density at radius 1 is 1.00 bits per heavy atom. The fourth-order valence-corrected chi connectivity index (χ4v) is 3.37. The van der Waals surface area contributed by atoms with Gasteiger partial charge in [0.25, 0.3) is 0 Å². The standard InChI is InChI=1S/C18H17ClF3N5/c19-14-2-4-17-24-15(12-27(17)10-14)11-25-5-7-26(8-6-25)16-3-1-13(9-23-16)18(20,21)22/h1-4,9-10,12H,5-8,11H2. The van der Waals surface area contributed by atoms with Crippen LogP contribution in [0.2, 0.25) is 5.02 Å². The van der Waals surface area contributed by atoms with Crippen LogP contribution in [0.3, 0.4) is 0 Å². The summed E-state index contributed by atoms with van der Waals surface area (Å²) in [6.45, 7) is 3.71. The van der Waals surface area contributed by atoms with Crippen molar-refractivity contribution in [1.29, 1.82) is 0 Å². The van der Waals surface area contributed by atoms with Gasteiger partial charge < -0.3 is 9.30 Å². The van der Waals surface area contributed by atoms with E-state index in [2.05, 4.69) is 14.9 Å². The van der Waals surface area contributed by atoms with Crippen LogP contribution in [0.1, 0.15) is 11.3 Å². The molecule has 3 aromatic rings. The monoisotopic (exact) mass is 395 g/mol. The minimum Gasteiger partial charge on any atom is -0.354 e. The number of fused-ring (bicyclic) bond motifs is 1. The minimum absolute atomic E-state index is 0.574. The third kappa shape index (κ3) is 4.01. The summed E-state index contributed by atoms with van der Waals surface area (Å²) < 4.78 is 39.8. The van der Waals surface area contributed by atoms with Crippen LogP contribution in [0.5, 0.6) is 0 Å². The zero-order chi connectivity index (χ0) is 19.0. The summed E-state index contributed by atoms with van der Waals surface area (Å²) in [5, 5.41) is 0.657. The Kier molecular flexibility index (Phi) is 4.69. The van der Waals surface area contributed by atoms with Gasteiger partial charge in [-0.3, -0.25) is 4.90 Å². The Bertz CT molecular complexity index is 930. The molecule has 3 aromatic heterocycles. The van der Waals surface area contributed by atoms with E-state index in [9.17, 15) is 13.2 Å². The number of anilines is 1. The molecule has 9 heteroatoms. The minimum atomic E-state index is -4.36. The van der Waals surface area contributed by atoms with E-state index in [4.69, 9.17) is 11.6 Å². The lowest BCUT2D eigenvalue weighted by atomic mass is 10.2. The van der Waals surface area contributed by atoms with Gasteiger partial charge in [0.05, 0.1) is 16.3 Å². The van der Waals surface area contributed by atoms with Crippen LogP contribution in [0.25, 0.3) is 5.65 Å². The molecule has 0 spiro atoms. The van der Waals surface area contributed by atoms with Crippen LogP contribution in [0.4, 0.5) is 19.0 Å². The van der Waals surface area contributed by atoms with Gasteiger partial charge in [0.15, 0.2) is 0 Å². The van der Waals surface area contributed by atoms with Crippen LogP contribution in [0.15, 0.2) is 42.9 Å². The lowest BCUT2D eigenvalue weighted by molar-refractivity contribution is -0.137. The molecule has 4 rings (SSSR count). The number of alkyl halides is 3. The number of nitrogens with zero attached hydrogens (tertiary/aromatic N) is 5. The van der Waals surface area contributed by atoms with Gasteiger partial charge in [-0.05, 0) is 24.3 Å². The number of pyridine rings is 2. The van der Waals surface area contributed by atoms with Crippen molar-refractivity contribution in [2.75, 3.05) is 31.1 Å². The first kappa shape index (κ1) is 18.1. The summed E-state index contributed by atoms with van der Waals surface area (Å²) in [4.78, 5) is 12.8. The van der Waals surface area contributed by atoms with Crippen molar-refractivity contribution < 1.29 is 13.2 Å². The number of aromatic nitrogens is 3. The summed E-state index contributed by atoms with van der Waals surface area (Å²) in [5.41, 5.74) is 1.08. The van der Waals surface area contributed by atoms with Gasteiger partial charge in [0.1, 0.15) is 11.5 Å². The summed E-state index contributed by atoms with van der Waals surface area (Å²) in [6, 6.07) is 6.20. The second kappa shape index (κ2) is 7.01. The number of hydrogen-bond acceptors (Lipinski definition) is 4. The largest absolute Gasteiger partial charge is 0.417 e. The van der Waals surface area contributed by atoms with Crippen LogP contribution < -0.4 is 4.90 Å². The van der Waals surface area contributed by atoms with Gasteiger partial charge in [0.2, 0.25) is 0 Å². The predicted molar refractivity (Wildman–Crippen MR) is 96.9 cm³/mol. The van der Waals surface area contributed by atoms with Gasteiger partial charge in [-0.15, -0.1) is 0 Å². The zero-order valence-electron chi connectivity index (χ0n) is 14.3. The first-order valence-corrected chi connectivity index (χ1v) is 8.90. The molecule has 1 fully saturated rings. The summed E-state index contributed by atoms with van der Waals surface area (Å²) >= 11 is 6.00. The van der Waals surface area contributed by atoms with Crippen molar-refractivity contribution in [3.8, 4) is 0 Å². The topological polar surface area (TPSA) is 36.7 Å². The van der Waals surface area contributed by atoms with Gasteiger partial charge in [0, 0.05) is 51.3 Å². The van der Waals surface area contributed by atoms with E-state index in [0.29, 0.717) is 30.5 Å². The highest BCUT2D eigenvalue weighted by Crippen LogP contribution is 2.29. The van der Waals surface area contributed by atoms with E-state index in [1.54, 1.807) is 0 Å². The molecule has 5 nitrogen and oxygen atoms in total. The van der Waals surface area contributed by atoms with Crippen molar-refractivity contribution in [2.45, 2.75) is 12.7 Å². The van der Waals surface area contributed by atoms with Crippen molar-refractivity contribution in [2.24, 2.45) is 0 Å². The van der Waals surface area contributed by atoms with Gasteiger partial charge >= 0.3 is 6.18 Å². The second-order valence-corrected chi connectivity index (χ2v) is 6.95. The molecule has 1 aliphatic heterocycles. The Morgan fingerprint density at radius 3 is 2.44 bits per heavy atom. The van der Waals surface area contributed by atoms with E-state index in [0.717, 1.165) is 36.7 Å². The molecule has 0 saturated carbocycles. The average molecular weight is 396 g/mol. The zero-order valence-corrected chi connectivity index (χ0v) is 15.1. The molecule has 0 amide bonds. The molecule has 0 aromatic carbocycles. The van der Waals surface area contributed by atoms with E-state index < -0.39 is 11.7 Å². The number of rotatable bonds is 3. The van der Waals surface area contributed by atoms with Crippen LogP contribution in [-0.4, -0.2) is 45.4 Å². The lowest BCUT2D eigenvalue weighted by Crippen LogP contribution is -2.46. The van der Waals surface area contributed by atoms with Crippen molar-refractivity contribution in [1.82, 2.24) is 19.3 Å². The van der Waals surface area contributed by atoms with Crippen molar-refractivity contribution in [3.63, 3.8) is 0 Å². The molecule has 4 heterocycles. The second-order valence-electron chi connectivity index (χ2n) is 6.51. The third-order valence-corrected chi connectivity index (χ3v) is 4.85. The van der Waals surface area contributed by atoms with Crippen LogP contribution in [-0.2, 0) is 12.7 Å². The van der Waals surface area contributed by atoms with E-state index in [1.807, 2.05) is 33.8 Å². The molecule has 0 unspecified atom stereocenters. The van der Waals surface area contributed by atoms with Crippen molar-refractivity contribution in [3.05, 3.63) is 59.1 Å². The van der Waals surface area contributed by atoms with Gasteiger partial charge in [-0.1, -0.05) is 11.6 Å². The summed E-state index contributed by atoms with van der Waals surface area (Å²) in [5.74, 6) is 0.574. The molecule has 0 radical (unpaired) electrons. The van der Waals surface area contributed by atoms with E-state index in [1.165, 1.54) is 6.07 Å². The highest BCUT2D eigenvalue weighted by Gasteiger charge is 2.31. The molecule has 1 aliphatic rings. The molecular weight excluding hydrogens is 379 g/mol. The Morgan fingerprint density at radius 2 is 1.78 bits per heavy atom. The lowest BCUT2D eigenvalue weighted by Gasteiger charge is -2.35. The van der Waals surface area contributed by atoms with Gasteiger partial charge in [-0.25, -0.2) is 9.97 Å². The molecule has 0 N–H and O–H groups in total. The van der Waals surface area contributed by atoms with Gasteiger partial charge in [-0.2, -0.15) is 13.2 Å². The Labute approximate surface area is 159 Å². The first-order chi connectivity index (χ1) is 12.9. The quantitative estimate of drug-likeness (QED) is 0.677. The average Bonchev–Trinajstić information content (AvgIpc) is 3.03. The molecular formula is C18H17ClF3N5. The first-order valence-electron chi connectivity index (χ1n) is 8.52. The highest BCUT2D eigenvalue weighted by molar-refractivity contribution is 6.30. The van der Waals surface area contributed by atoms with E-state index >= 15 is 0 Å². The third-order valence-electron chi connectivity index (χ3n) is 4.62. The number of hydrogen-bond donors (Lipinski definition) is 0. The maximum atomic E-state index is 12.6. The molecule has 142 valence electrons. The normalized spacial score (nSPS) is 16.2. The SMILES string of the molecule is FC(F)(F)c1ccc(N2CCN(Cc3cn4cc(Cl)ccc4n3)CC2)nc1. The molecule has 0 bridgehead atoms. The van der Waals surface area contributed by atoms with Crippen molar-refractivity contribution >= 4 is 23.1 Å². The molecule has 27 heavy (non-hydrogen) atoms. The molecule has 0 atom stereocenters. The molecule has 0 aliphatic carbocycles. The van der Waals surface area contributed by atoms with E-state index in [-0.39, 0.29) is 0 Å². The maximum absolute atomic E-state index is 12.6. The smallest absolute Gasteiger partial charge is 0.354 e. The van der Waals surface area contributed by atoms with Crippen LogP contribution in [0, 0.1) is 0 Å². The highest BCUT2D eigenvalue weighted by atomic mass is 35.5. The summed E-state index contributed by atoms with van der Waals surface area (Å²) in [6.07, 6.45) is 0.318. The number of piperazine rings is 1. The Hall–Kier alpha value is -2.32. The fraction of sp³-hybridized carbons (Fsp3) is 0.333. The predicted octanol–water partition coefficient (Wildman–Crippen LogP) is 3.72. The Balaban J connectivity index is 1.37. The van der Waals surface area contributed by atoms with Crippen LogP contribution >= 0.6 is 11.6 Å². The maximum Gasteiger partial charge on any atom is 0.417 e. The number of halogens is 4. The summed E-state index contributed by atoms with van der Waals surface area (Å²) in [7, 11) is 0. The fourth-order valence-electron chi connectivity index (χ4n) is 3.20.